The van der Waals surface area contributed by atoms with E-state index >= 15 is 0 Å². The van der Waals surface area contributed by atoms with Gasteiger partial charge < -0.3 is 19.0 Å². The molecule has 3 heterocycles. The first-order chi connectivity index (χ1) is 13.3. The van der Waals surface area contributed by atoms with Crippen molar-refractivity contribution >= 4 is 5.91 Å². The van der Waals surface area contributed by atoms with Gasteiger partial charge in [0.15, 0.2) is 11.5 Å². The number of aromatic nitrogens is 1. The minimum atomic E-state index is -0.345. The zero-order valence-corrected chi connectivity index (χ0v) is 14.1. The van der Waals surface area contributed by atoms with E-state index in [1.54, 1.807) is 18.2 Å². The molecule has 1 N–H and O–H groups in total. The van der Waals surface area contributed by atoms with Crippen molar-refractivity contribution in [2.45, 2.75) is 6.04 Å². The number of para-hydroxylation sites is 2. The largest absolute Gasteiger partial charge is 0.461 e. The Kier molecular flexibility index (Phi) is 3.53. The molecule has 1 aliphatic heterocycles. The first kappa shape index (κ1) is 15.5. The number of ether oxygens (including phenoxy) is 1. The lowest BCUT2D eigenvalue weighted by Gasteiger charge is -2.28. The quantitative estimate of drug-likeness (QED) is 0.581. The van der Waals surface area contributed by atoms with Crippen molar-refractivity contribution in [3.8, 4) is 23.0 Å². The minimum Gasteiger partial charge on any atom is -0.461 e. The van der Waals surface area contributed by atoms with Gasteiger partial charge in [0, 0.05) is 17.2 Å². The molecule has 1 aliphatic rings. The minimum absolute atomic E-state index is 0.183. The first-order valence-corrected chi connectivity index (χ1v) is 8.47. The lowest BCUT2D eigenvalue weighted by atomic mass is 9.94. The summed E-state index contributed by atoms with van der Waals surface area (Å²) < 4.78 is 16.5. The van der Waals surface area contributed by atoms with Gasteiger partial charge in [-0.15, -0.1) is 0 Å². The standard InChI is InChI=1S/C21H14N2O4/c24-21(15-12-19(27-23-15)18-10-5-11-25-18)22-20-13-6-1-3-8-16(13)26-17-9-4-2-7-14(17)20/h1-12,20H,(H,22,24). The van der Waals surface area contributed by atoms with Crippen LogP contribution in [0.15, 0.2) is 81.9 Å². The summed E-state index contributed by atoms with van der Waals surface area (Å²) in [7, 11) is 0. The van der Waals surface area contributed by atoms with Crippen molar-refractivity contribution < 1.29 is 18.5 Å². The second-order valence-electron chi connectivity index (χ2n) is 6.14. The fourth-order valence-electron chi connectivity index (χ4n) is 3.19. The maximum atomic E-state index is 12.8. The van der Waals surface area contributed by atoms with E-state index in [1.165, 1.54) is 6.26 Å². The summed E-state index contributed by atoms with van der Waals surface area (Å²) in [5.41, 5.74) is 1.96. The van der Waals surface area contributed by atoms with Crippen LogP contribution in [0.2, 0.25) is 0 Å². The third kappa shape index (κ3) is 2.67. The van der Waals surface area contributed by atoms with Gasteiger partial charge in [-0.1, -0.05) is 41.6 Å². The van der Waals surface area contributed by atoms with Crippen LogP contribution in [-0.2, 0) is 0 Å². The molecule has 0 spiro atoms. The van der Waals surface area contributed by atoms with E-state index < -0.39 is 0 Å². The van der Waals surface area contributed by atoms with Crippen LogP contribution in [0.25, 0.3) is 11.5 Å². The predicted molar refractivity (Wildman–Crippen MR) is 96.5 cm³/mol. The molecular weight excluding hydrogens is 344 g/mol. The Morgan fingerprint density at radius 1 is 0.889 bits per heavy atom. The average Bonchev–Trinajstić information content (AvgIpc) is 3.39. The summed E-state index contributed by atoms with van der Waals surface area (Å²) in [5.74, 6) is 2.02. The molecule has 132 valence electrons. The van der Waals surface area contributed by atoms with Gasteiger partial charge in [0.2, 0.25) is 5.76 Å². The zero-order chi connectivity index (χ0) is 18.2. The third-order valence-corrected chi connectivity index (χ3v) is 4.46. The summed E-state index contributed by atoms with van der Waals surface area (Å²) in [5, 5.41) is 6.91. The summed E-state index contributed by atoms with van der Waals surface area (Å²) in [6, 6.07) is 20.0. The molecule has 0 unspecified atom stereocenters. The Bertz CT molecular complexity index is 1070. The molecule has 6 nitrogen and oxygen atoms in total. The molecule has 2 aromatic carbocycles. The second-order valence-corrected chi connectivity index (χ2v) is 6.14. The summed E-state index contributed by atoms with van der Waals surface area (Å²) in [4.78, 5) is 12.8. The highest BCUT2D eigenvalue weighted by Crippen LogP contribution is 2.42. The SMILES string of the molecule is O=C(NC1c2ccccc2Oc2ccccc21)c1cc(-c2ccco2)on1. The molecule has 0 bridgehead atoms. The Labute approximate surface area is 154 Å². The van der Waals surface area contributed by atoms with Gasteiger partial charge in [-0.2, -0.15) is 0 Å². The fraction of sp³-hybridized carbons (Fsp3) is 0.0476. The Morgan fingerprint density at radius 3 is 2.26 bits per heavy atom. The normalized spacial score (nSPS) is 12.7. The lowest BCUT2D eigenvalue weighted by Crippen LogP contribution is -2.31. The van der Waals surface area contributed by atoms with Crippen LogP contribution in [0.4, 0.5) is 0 Å². The third-order valence-electron chi connectivity index (χ3n) is 4.46. The van der Waals surface area contributed by atoms with Gasteiger partial charge in [0.1, 0.15) is 11.5 Å². The highest BCUT2D eigenvalue weighted by molar-refractivity contribution is 5.93. The van der Waals surface area contributed by atoms with Crippen molar-refractivity contribution in [3.05, 3.63) is 89.8 Å². The van der Waals surface area contributed by atoms with Gasteiger partial charge in [-0.05, 0) is 24.3 Å². The maximum absolute atomic E-state index is 12.8. The molecule has 6 heteroatoms. The van der Waals surface area contributed by atoms with Crippen molar-refractivity contribution in [3.63, 3.8) is 0 Å². The van der Waals surface area contributed by atoms with Crippen molar-refractivity contribution in [2.75, 3.05) is 0 Å². The fourth-order valence-corrected chi connectivity index (χ4v) is 3.19. The highest BCUT2D eigenvalue weighted by atomic mass is 16.5. The van der Waals surface area contributed by atoms with Gasteiger partial charge in [0.05, 0.1) is 12.3 Å². The van der Waals surface area contributed by atoms with E-state index in [0.29, 0.717) is 11.5 Å². The number of benzene rings is 2. The number of nitrogens with zero attached hydrogens (tertiary/aromatic N) is 1. The van der Waals surface area contributed by atoms with E-state index in [-0.39, 0.29) is 17.6 Å². The van der Waals surface area contributed by atoms with Gasteiger partial charge >= 0.3 is 0 Å². The van der Waals surface area contributed by atoms with Gasteiger partial charge in [-0.3, -0.25) is 4.79 Å². The summed E-state index contributed by atoms with van der Waals surface area (Å²) in [6.45, 7) is 0. The number of hydrogen-bond donors (Lipinski definition) is 1. The zero-order valence-electron chi connectivity index (χ0n) is 14.1. The van der Waals surface area contributed by atoms with Crippen molar-refractivity contribution in [2.24, 2.45) is 0 Å². The molecule has 0 aliphatic carbocycles. The van der Waals surface area contributed by atoms with Crippen LogP contribution in [0.3, 0.4) is 0 Å². The predicted octanol–water partition coefficient (Wildman–Crippen LogP) is 4.56. The van der Waals surface area contributed by atoms with Crippen LogP contribution in [0, 0.1) is 0 Å². The average molecular weight is 358 g/mol. The van der Waals surface area contributed by atoms with E-state index in [4.69, 9.17) is 13.7 Å². The Balaban J connectivity index is 1.48. The van der Waals surface area contributed by atoms with Crippen molar-refractivity contribution in [1.29, 1.82) is 0 Å². The lowest BCUT2D eigenvalue weighted by molar-refractivity contribution is 0.0932. The summed E-state index contributed by atoms with van der Waals surface area (Å²) in [6.07, 6.45) is 1.54. The van der Waals surface area contributed by atoms with Crippen LogP contribution in [0.1, 0.15) is 27.7 Å². The molecule has 0 radical (unpaired) electrons. The van der Waals surface area contributed by atoms with Crippen LogP contribution < -0.4 is 10.1 Å². The van der Waals surface area contributed by atoms with Crippen molar-refractivity contribution in [1.82, 2.24) is 10.5 Å². The number of fused-ring (bicyclic) bond motifs is 2. The highest BCUT2D eigenvalue weighted by Gasteiger charge is 2.29. The van der Waals surface area contributed by atoms with Gasteiger partial charge in [0.25, 0.3) is 5.91 Å². The monoisotopic (exact) mass is 358 g/mol. The molecule has 0 fully saturated rings. The Hall–Kier alpha value is -3.80. The van der Waals surface area contributed by atoms with E-state index in [1.807, 2.05) is 48.5 Å². The molecule has 5 rings (SSSR count). The number of carbonyl (C=O) groups is 1. The number of furan rings is 1. The first-order valence-electron chi connectivity index (χ1n) is 8.47. The summed E-state index contributed by atoms with van der Waals surface area (Å²) >= 11 is 0. The van der Waals surface area contributed by atoms with Crippen LogP contribution >= 0.6 is 0 Å². The molecule has 27 heavy (non-hydrogen) atoms. The second kappa shape index (κ2) is 6.17. The molecule has 0 saturated heterocycles. The van der Waals surface area contributed by atoms with Gasteiger partial charge in [-0.25, -0.2) is 0 Å². The number of rotatable bonds is 3. The molecule has 0 atom stereocenters. The number of hydrogen-bond acceptors (Lipinski definition) is 5. The topological polar surface area (TPSA) is 77.5 Å². The molecule has 4 aromatic rings. The van der Waals surface area contributed by atoms with E-state index in [9.17, 15) is 4.79 Å². The smallest absolute Gasteiger partial charge is 0.274 e. The molecular formula is C21H14N2O4. The number of nitrogens with one attached hydrogen (secondary N) is 1. The van der Waals surface area contributed by atoms with E-state index in [0.717, 1.165) is 22.6 Å². The van der Waals surface area contributed by atoms with Crippen LogP contribution in [-0.4, -0.2) is 11.1 Å². The molecule has 1 amide bonds. The number of amides is 1. The van der Waals surface area contributed by atoms with E-state index in [2.05, 4.69) is 10.5 Å². The molecule has 0 saturated carbocycles. The van der Waals surface area contributed by atoms with Crippen LogP contribution in [0.5, 0.6) is 11.5 Å². The maximum Gasteiger partial charge on any atom is 0.274 e. The number of carbonyl (C=O) groups excluding carboxylic acids is 1. The Morgan fingerprint density at radius 2 is 1.59 bits per heavy atom. The molecule has 2 aromatic heterocycles.